The molecule has 1 N–H and O–H groups in total. The summed E-state index contributed by atoms with van der Waals surface area (Å²) in [4.78, 5) is 3.69. The van der Waals surface area contributed by atoms with Crippen LogP contribution in [0.15, 0.2) is 34.1 Å². The second-order valence-electron chi connectivity index (χ2n) is 5.85. The molecule has 0 amide bonds. The summed E-state index contributed by atoms with van der Waals surface area (Å²) in [6.07, 6.45) is 2.69. The quantitative estimate of drug-likeness (QED) is 0.798. The Labute approximate surface area is 139 Å². The number of rotatable bonds is 6. The number of nitrogens with one attached hydrogen (secondary N) is 1. The summed E-state index contributed by atoms with van der Waals surface area (Å²) in [5, 5.41) is 5.73. The summed E-state index contributed by atoms with van der Waals surface area (Å²) in [6, 6.07) is 9.76. The zero-order valence-electron chi connectivity index (χ0n) is 12.5. The number of anilines is 1. The topological polar surface area (TPSA) is 15.3 Å². The van der Waals surface area contributed by atoms with Crippen molar-refractivity contribution in [3.8, 4) is 0 Å². The first-order valence-electron chi connectivity index (χ1n) is 7.39. The van der Waals surface area contributed by atoms with Crippen molar-refractivity contribution >= 4 is 33.0 Å². The van der Waals surface area contributed by atoms with E-state index in [9.17, 15) is 0 Å². The zero-order valence-corrected chi connectivity index (χ0v) is 14.9. The Morgan fingerprint density at radius 2 is 2.14 bits per heavy atom. The van der Waals surface area contributed by atoms with Gasteiger partial charge in [-0.25, -0.2) is 0 Å². The van der Waals surface area contributed by atoms with Gasteiger partial charge in [0.15, 0.2) is 0 Å². The molecule has 1 heterocycles. The van der Waals surface area contributed by atoms with Crippen LogP contribution in [-0.4, -0.2) is 13.1 Å². The van der Waals surface area contributed by atoms with Crippen molar-refractivity contribution in [3.05, 3.63) is 50.1 Å². The average Bonchev–Trinajstić information content (AvgIpc) is 3.20. The predicted molar refractivity (Wildman–Crippen MR) is 95.2 cm³/mol. The fraction of sp³-hybridized carbons (Fsp3) is 0.412. The number of benzene rings is 1. The van der Waals surface area contributed by atoms with Crippen molar-refractivity contribution in [2.45, 2.75) is 38.9 Å². The van der Waals surface area contributed by atoms with Crippen LogP contribution in [0.2, 0.25) is 0 Å². The number of nitrogens with zero attached hydrogens (tertiary/aromatic N) is 1. The monoisotopic (exact) mass is 364 g/mol. The molecule has 0 radical (unpaired) electrons. The molecule has 0 spiro atoms. The SMILES string of the molecule is Cc1cc(N(C)Cc2cc(Br)cs2)ccc1CNC1CC1. The molecule has 4 heteroatoms. The average molecular weight is 365 g/mol. The number of thiophene rings is 1. The summed E-state index contributed by atoms with van der Waals surface area (Å²) < 4.78 is 1.17. The fourth-order valence-electron chi connectivity index (χ4n) is 2.42. The van der Waals surface area contributed by atoms with Crippen LogP contribution in [0, 0.1) is 6.92 Å². The minimum Gasteiger partial charge on any atom is -0.369 e. The first-order chi connectivity index (χ1) is 10.1. The van der Waals surface area contributed by atoms with Crippen LogP contribution in [-0.2, 0) is 13.1 Å². The van der Waals surface area contributed by atoms with Crippen molar-refractivity contribution in [1.82, 2.24) is 5.32 Å². The van der Waals surface area contributed by atoms with Gasteiger partial charge >= 0.3 is 0 Å². The van der Waals surface area contributed by atoms with Gasteiger partial charge in [0.05, 0.1) is 6.54 Å². The molecule has 1 aliphatic rings. The molecule has 0 saturated heterocycles. The number of halogens is 1. The van der Waals surface area contributed by atoms with Crippen molar-refractivity contribution in [2.75, 3.05) is 11.9 Å². The van der Waals surface area contributed by atoms with Gasteiger partial charge in [-0.15, -0.1) is 11.3 Å². The second kappa shape index (κ2) is 6.51. The van der Waals surface area contributed by atoms with Crippen LogP contribution in [0.5, 0.6) is 0 Å². The lowest BCUT2D eigenvalue weighted by atomic mass is 10.1. The fourth-order valence-corrected chi connectivity index (χ4v) is 3.92. The van der Waals surface area contributed by atoms with Crippen molar-refractivity contribution in [1.29, 1.82) is 0 Å². The van der Waals surface area contributed by atoms with Gasteiger partial charge in [-0.3, -0.25) is 0 Å². The van der Waals surface area contributed by atoms with Crippen LogP contribution in [0.4, 0.5) is 5.69 Å². The van der Waals surface area contributed by atoms with Gasteiger partial charge < -0.3 is 10.2 Å². The Morgan fingerprint density at radius 3 is 2.76 bits per heavy atom. The summed E-state index contributed by atoms with van der Waals surface area (Å²) in [5.41, 5.74) is 4.07. The number of aryl methyl sites for hydroxylation is 1. The van der Waals surface area contributed by atoms with E-state index >= 15 is 0 Å². The Hall–Kier alpha value is -0.840. The molecule has 0 aliphatic heterocycles. The Bertz CT molecular complexity index is 619. The summed E-state index contributed by atoms with van der Waals surface area (Å²) >= 11 is 5.32. The van der Waals surface area contributed by atoms with E-state index < -0.39 is 0 Å². The number of hydrogen-bond acceptors (Lipinski definition) is 3. The maximum Gasteiger partial charge on any atom is 0.0519 e. The van der Waals surface area contributed by atoms with E-state index in [2.05, 4.69) is 69.8 Å². The first-order valence-corrected chi connectivity index (χ1v) is 9.06. The van der Waals surface area contributed by atoms with Crippen molar-refractivity contribution in [3.63, 3.8) is 0 Å². The van der Waals surface area contributed by atoms with E-state index in [-0.39, 0.29) is 0 Å². The van der Waals surface area contributed by atoms with E-state index in [1.54, 1.807) is 11.3 Å². The van der Waals surface area contributed by atoms with Gasteiger partial charge in [0.1, 0.15) is 0 Å². The van der Waals surface area contributed by atoms with Gasteiger partial charge in [-0.05, 0) is 65.0 Å². The molecule has 1 fully saturated rings. The van der Waals surface area contributed by atoms with Gasteiger partial charge in [-0.2, -0.15) is 0 Å². The summed E-state index contributed by atoms with van der Waals surface area (Å²) in [5.74, 6) is 0. The molecular weight excluding hydrogens is 344 g/mol. The van der Waals surface area contributed by atoms with Crippen LogP contribution in [0.3, 0.4) is 0 Å². The lowest BCUT2D eigenvalue weighted by Crippen LogP contribution is -2.18. The molecule has 3 rings (SSSR count). The zero-order chi connectivity index (χ0) is 14.8. The van der Waals surface area contributed by atoms with Crippen LogP contribution in [0.25, 0.3) is 0 Å². The summed E-state index contributed by atoms with van der Waals surface area (Å²) in [7, 11) is 2.16. The van der Waals surface area contributed by atoms with E-state index in [0.29, 0.717) is 0 Å². The minimum absolute atomic E-state index is 0.768. The lowest BCUT2D eigenvalue weighted by molar-refractivity contribution is 0.685. The molecule has 112 valence electrons. The molecule has 2 aromatic rings. The molecule has 0 bridgehead atoms. The highest BCUT2D eigenvalue weighted by molar-refractivity contribution is 9.10. The van der Waals surface area contributed by atoms with Crippen LogP contribution in [0.1, 0.15) is 28.8 Å². The molecule has 1 saturated carbocycles. The molecule has 0 unspecified atom stereocenters. The van der Waals surface area contributed by atoms with Crippen LogP contribution < -0.4 is 10.2 Å². The van der Waals surface area contributed by atoms with E-state index in [4.69, 9.17) is 0 Å². The highest BCUT2D eigenvalue weighted by atomic mass is 79.9. The van der Waals surface area contributed by atoms with E-state index in [0.717, 1.165) is 19.1 Å². The molecule has 1 aromatic carbocycles. The molecule has 0 atom stereocenters. The summed E-state index contributed by atoms with van der Waals surface area (Å²) in [6.45, 7) is 4.16. The standard InChI is InChI=1S/C17H21BrN2S/c1-12-7-16(6-3-13(12)9-19-15-4-5-15)20(2)10-17-8-14(18)11-21-17/h3,6-8,11,15,19H,4-5,9-10H2,1-2H3. The number of hydrogen-bond donors (Lipinski definition) is 1. The van der Waals surface area contributed by atoms with Gasteiger partial charge in [-0.1, -0.05) is 6.07 Å². The minimum atomic E-state index is 0.768. The maximum atomic E-state index is 3.59. The Morgan fingerprint density at radius 1 is 1.33 bits per heavy atom. The molecule has 1 aliphatic carbocycles. The molecule has 1 aromatic heterocycles. The highest BCUT2D eigenvalue weighted by Crippen LogP contribution is 2.25. The smallest absolute Gasteiger partial charge is 0.0519 e. The predicted octanol–water partition coefficient (Wildman–Crippen LogP) is 4.71. The van der Waals surface area contributed by atoms with Crippen LogP contribution >= 0.6 is 27.3 Å². The second-order valence-corrected chi connectivity index (χ2v) is 7.76. The van der Waals surface area contributed by atoms with E-state index in [1.807, 2.05) is 0 Å². The highest BCUT2D eigenvalue weighted by Gasteiger charge is 2.20. The maximum absolute atomic E-state index is 3.59. The van der Waals surface area contributed by atoms with Crippen molar-refractivity contribution < 1.29 is 0 Å². The van der Waals surface area contributed by atoms with Crippen molar-refractivity contribution in [2.24, 2.45) is 0 Å². The Kier molecular flexibility index (Phi) is 4.67. The molecule has 2 nitrogen and oxygen atoms in total. The first kappa shape index (κ1) is 15.1. The Balaban J connectivity index is 1.65. The largest absolute Gasteiger partial charge is 0.369 e. The van der Waals surface area contributed by atoms with Gasteiger partial charge in [0, 0.05) is 40.1 Å². The third kappa shape index (κ3) is 4.09. The van der Waals surface area contributed by atoms with Gasteiger partial charge in [0.25, 0.3) is 0 Å². The third-order valence-corrected chi connectivity index (χ3v) is 5.62. The van der Waals surface area contributed by atoms with Gasteiger partial charge in [0.2, 0.25) is 0 Å². The van der Waals surface area contributed by atoms with E-state index in [1.165, 1.54) is 39.0 Å². The third-order valence-electron chi connectivity index (χ3n) is 3.94. The normalized spacial score (nSPS) is 14.4. The molecule has 21 heavy (non-hydrogen) atoms. The molecular formula is C17H21BrN2S. The lowest BCUT2D eigenvalue weighted by Gasteiger charge is -2.20.